The standard InChI is InChI=1S/C16H19N3O4/c1-10(2)16-18-15(23-19-16)5-3-4-14(20)17-11-6-7-12-13(8-11)22-9-21-12/h6-8,10H,3-5,9H2,1-2H3,(H,17,20). The molecule has 2 aromatic rings. The highest BCUT2D eigenvalue weighted by Gasteiger charge is 2.14. The van der Waals surface area contributed by atoms with Gasteiger partial charge in [-0.3, -0.25) is 4.79 Å². The van der Waals surface area contributed by atoms with Gasteiger partial charge in [-0.2, -0.15) is 4.98 Å². The summed E-state index contributed by atoms with van der Waals surface area (Å²) in [4.78, 5) is 16.3. The summed E-state index contributed by atoms with van der Waals surface area (Å²) in [5, 5.41) is 6.74. The van der Waals surface area contributed by atoms with Crippen LogP contribution in [0.15, 0.2) is 22.7 Å². The minimum absolute atomic E-state index is 0.0625. The lowest BCUT2D eigenvalue weighted by molar-refractivity contribution is -0.116. The van der Waals surface area contributed by atoms with Crippen LogP contribution in [0.4, 0.5) is 5.69 Å². The van der Waals surface area contributed by atoms with E-state index < -0.39 is 0 Å². The first-order chi connectivity index (χ1) is 11.1. The first-order valence-corrected chi connectivity index (χ1v) is 7.64. The lowest BCUT2D eigenvalue weighted by Gasteiger charge is -2.05. The zero-order valence-electron chi connectivity index (χ0n) is 13.2. The fourth-order valence-corrected chi connectivity index (χ4v) is 2.20. The lowest BCUT2D eigenvalue weighted by atomic mass is 10.2. The minimum atomic E-state index is -0.0625. The monoisotopic (exact) mass is 317 g/mol. The summed E-state index contributed by atoms with van der Waals surface area (Å²) in [5.74, 6) is 2.79. The summed E-state index contributed by atoms with van der Waals surface area (Å²) in [7, 11) is 0. The van der Waals surface area contributed by atoms with Gasteiger partial charge < -0.3 is 19.3 Å². The van der Waals surface area contributed by atoms with Crippen molar-refractivity contribution < 1.29 is 18.8 Å². The van der Waals surface area contributed by atoms with Gasteiger partial charge in [-0.25, -0.2) is 0 Å². The van der Waals surface area contributed by atoms with Crippen molar-refractivity contribution in [3.05, 3.63) is 29.9 Å². The maximum atomic E-state index is 12.0. The normalized spacial score (nSPS) is 12.7. The molecule has 122 valence electrons. The van der Waals surface area contributed by atoms with Gasteiger partial charge in [-0.05, 0) is 18.6 Å². The zero-order valence-corrected chi connectivity index (χ0v) is 13.2. The number of carbonyl (C=O) groups is 1. The van der Waals surface area contributed by atoms with E-state index in [0.29, 0.717) is 48.2 Å². The topological polar surface area (TPSA) is 86.5 Å². The highest BCUT2D eigenvalue weighted by atomic mass is 16.7. The van der Waals surface area contributed by atoms with Crippen molar-refractivity contribution in [2.45, 2.75) is 39.0 Å². The van der Waals surface area contributed by atoms with Crippen molar-refractivity contribution in [2.75, 3.05) is 12.1 Å². The molecule has 0 radical (unpaired) electrons. The number of anilines is 1. The van der Waals surface area contributed by atoms with Crippen molar-refractivity contribution in [1.82, 2.24) is 10.1 Å². The Kier molecular flexibility index (Phi) is 4.45. The van der Waals surface area contributed by atoms with E-state index in [1.165, 1.54) is 0 Å². The summed E-state index contributed by atoms with van der Waals surface area (Å²) in [6.45, 7) is 4.23. The van der Waals surface area contributed by atoms with Crippen molar-refractivity contribution in [3.63, 3.8) is 0 Å². The summed E-state index contributed by atoms with van der Waals surface area (Å²) >= 11 is 0. The van der Waals surface area contributed by atoms with Gasteiger partial charge in [0.25, 0.3) is 0 Å². The molecule has 1 N–H and O–H groups in total. The van der Waals surface area contributed by atoms with Gasteiger partial charge in [-0.15, -0.1) is 0 Å². The third kappa shape index (κ3) is 3.80. The number of nitrogens with one attached hydrogen (secondary N) is 1. The highest BCUT2D eigenvalue weighted by Crippen LogP contribution is 2.34. The number of carbonyl (C=O) groups excluding carboxylic acids is 1. The van der Waals surface area contributed by atoms with Crippen molar-refractivity contribution in [1.29, 1.82) is 0 Å². The van der Waals surface area contributed by atoms with Crippen molar-refractivity contribution in [2.24, 2.45) is 0 Å². The first-order valence-electron chi connectivity index (χ1n) is 7.64. The fraction of sp³-hybridized carbons (Fsp3) is 0.438. The van der Waals surface area contributed by atoms with Crippen LogP contribution >= 0.6 is 0 Å². The predicted octanol–water partition coefficient (Wildman–Crippen LogP) is 2.88. The quantitative estimate of drug-likeness (QED) is 0.881. The lowest BCUT2D eigenvalue weighted by Crippen LogP contribution is -2.11. The molecule has 7 nitrogen and oxygen atoms in total. The largest absolute Gasteiger partial charge is 0.454 e. The van der Waals surface area contributed by atoms with Crippen molar-refractivity contribution in [3.8, 4) is 11.5 Å². The number of rotatable bonds is 6. The van der Waals surface area contributed by atoms with E-state index in [-0.39, 0.29) is 18.6 Å². The van der Waals surface area contributed by atoms with E-state index in [9.17, 15) is 4.79 Å². The molecule has 1 aromatic heterocycles. The molecule has 0 bridgehead atoms. The van der Waals surface area contributed by atoms with Crippen LogP contribution in [0.3, 0.4) is 0 Å². The van der Waals surface area contributed by atoms with Gasteiger partial charge in [0.1, 0.15) is 0 Å². The van der Waals surface area contributed by atoms with Crippen molar-refractivity contribution >= 4 is 11.6 Å². The molecule has 3 rings (SSSR count). The second-order valence-corrected chi connectivity index (χ2v) is 5.67. The Morgan fingerprint density at radius 3 is 2.91 bits per heavy atom. The SMILES string of the molecule is CC(C)c1noc(CCCC(=O)Nc2ccc3c(c2)OCO3)n1. The predicted molar refractivity (Wildman–Crippen MR) is 82.5 cm³/mol. The third-order valence-corrected chi connectivity index (χ3v) is 3.45. The zero-order chi connectivity index (χ0) is 16.2. The molecule has 0 saturated heterocycles. The van der Waals surface area contributed by atoms with Crippen LogP contribution in [0.25, 0.3) is 0 Å². The van der Waals surface area contributed by atoms with E-state index in [4.69, 9.17) is 14.0 Å². The molecule has 0 saturated carbocycles. The molecule has 0 aliphatic carbocycles. The van der Waals surface area contributed by atoms with Crippen LogP contribution in [0.2, 0.25) is 0 Å². The molecule has 23 heavy (non-hydrogen) atoms. The molecule has 1 aromatic carbocycles. The molecule has 1 amide bonds. The molecule has 1 aliphatic heterocycles. The third-order valence-electron chi connectivity index (χ3n) is 3.45. The Labute approximate surface area is 134 Å². The number of fused-ring (bicyclic) bond motifs is 1. The van der Waals surface area contributed by atoms with Crippen LogP contribution in [0.1, 0.15) is 44.3 Å². The number of hydrogen-bond donors (Lipinski definition) is 1. The summed E-state index contributed by atoms with van der Waals surface area (Å²) in [6, 6.07) is 5.33. The molecule has 0 spiro atoms. The molecular formula is C16H19N3O4. The molecule has 1 aliphatic rings. The average molecular weight is 317 g/mol. The van der Waals surface area contributed by atoms with Crippen LogP contribution in [-0.2, 0) is 11.2 Å². The smallest absolute Gasteiger partial charge is 0.231 e. The van der Waals surface area contributed by atoms with Crippen LogP contribution in [-0.4, -0.2) is 22.8 Å². The van der Waals surface area contributed by atoms with Gasteiger partial charge in [0, 0.05) is 30.5 Å². The number of amides is 1. The molecule has 0 atom stereocenters. The van der Waals surface area contributed by atoms with Gasteiger partial charge in [0.05, 0.1) is 0 Å². The fourth-order valence-electron chi connectivity index (χ4n) is 2.20. The number of aryl methyl sites for hydroxylation is 1. The Balaban J connectivity index is 1.46. The highest BCUT2D eigenvalue weighted by molar-refractivity contribution is 5.91. The number of benzene rings is 1. The molecule has 0 fully saturated rings. The molecular weight excluding hydrogens is 298 g/mol. The number of ether oxygens (including phenoxy) is 2. The van der Waals surface area contributed by atoms with Gasteiger partial charge in [0.15, 0.2) is 17.3 Å². The number of hydrogen-bond acceptors (Lipinski definition) is 6. The number of nitrogens with zero attached hydrogens (tertiary/aromatic N) is 2. The summed E-state index contributed by atoms with van der Waals surface area (Å²) in [5.41, 5.74) is 0.694. The Hall–Kier alpha value is -2.57. The first kappa shape index (κ1) is 15.3. The summed E-state index contributed by atoms with van der Waals surface area (Å²) in [6.07, 6.45) is 1.62. The van der Waals surface area contributed by atoms with Crippen LogP contribution < -0.4 is 14.8 Å². The van der Waals surface area contributed by atoms with Crippen LogP contribution in [0, 0.1) is 0 Å². The maximum Gasteiger partial charge on any atom is 0.231 e. The molecule has 7 heteroatoms. The average Bonchev–Trinajstić information content (AvgIpc) is 3.15. The van der Waals surface area contributed by atoms with Crippen LogP contribution in [0.5, 0.6) is 11.5 Å². The summed E-state index contributed by atoms with van der Waals surface area (Å²) < 4.78 is 15.7. The van der Waals surface area contributed by atoms with Gasteiger partial charge >= 0.3 is 0 Å². The van der Waals surface area contributed by atoms with Gasteiger partial charge in [-0.1, -0.05) is 19.0 Å². The second-order valence-electron chi connectivity index (χ2n) is 5.67. The van der Waals surface area contributed by atoms with E-state index in [0.717, 1.165) is 0 Å². The number of aromatic nitrogens is 2. The maximum absolute atomic E-state index is 12.0. The Morgan fingerprint density at radius 2 is 2.13 bits per heavy atom. The Bertz CT molecular complexity index is 696. The second kappa shape index (κ2) is 6.68. The van der Waals surface area contributed by atoms with E-state index >= 15 is 0 Å². The Morgan fingerprint density at radius 1 is 1.30 bits per heavy atom. The minimum Gasteiger partial charge on any atom is -0.454 e. The van der Waals surface area contributed by atoms with E-state index in [2.05, 4.69) is 15.5 Å². The van der Waals surface area contributed by atoms with E-state index in [1.807, 2.05) is 13.8 Å². The molecule has 2 heterocycles. The van der Waals surface area contributed by atoms with Gasteiger partial charge in [0.2, 0.25) is 18.6 Å². The molecule has 0 unspecified atom stereocenters. The van der Waals surface area contributed by atoms with E-state index in [1.54, 1.807) is 18.2 Å².